The van der Waals surface area contributed by atoms with Crippen molar-refractivity contribution in [2.75, 3.05) is 0 Å². The van der Waals surface area contributed by atoms with Crippen LogP contribution < -0.4 is 5.73 Å². The van der Waals surface area contributed by atoms with Gasteiger partial charge in [0.05, 0.1) is 6.54 Å². The molecule has 2 N–H and O–H groups in total. The van der Waals surface area contributed by atoms with Gasteiger partial charge in [-0.2, -0.15) is 0 Å². The molecule has 1 aromatic heterocycles. The minimum absolute atomic E-state index is 0.500. The highest BCUT2D eigenvalue weighted by atomic mass is 16.3. The van der Waals surface area contributed by atoms with Crippen molar-refractivity contribution < 1.29 is 4.42 Å². The Morgan fingerprint density at radius 2 is 2.11 bits per heavy atom. The number of hydrogen-bond acceptors (Lipinski definition) is 2. The summed E-state index contributed by atoms with van der Waals surface area (Å²) in [6.45, 7) is 2.55. The lowest BCUT2D eigenvalue weighted by Crippen LogP contribution is -1.92. The molecule has 0 aromatic carbocycles. The van der Waals surface area contributed by atoms with E-state index in [1.165, 1.54) is 0 Å². The van der Waals surface area contributed by atoms with Crippen LogP contribution in [-0.2, 0) is 13.0 Å². The topological polar surface area (TPSA) is 39.2 Å². The van der Waals surface area contributed by atoms with Gasteiger partial charge in [-0.05, 0) is 12.1 Å². The third-order valence-electron chi connectivity index (χ3n) is 1.27. The lowest BCUT2D eigenvalue weighted by atomic mass is 10.4. The molecular weight excluding hydrogens is 114 g/mol. The van der Waals surface area contributed by atoms with Gasteiger partial charge in [-0.3, -0.25) is 0 Å². The molecule has 0 aliphatic rings. The number of nitrogens with two attached hydrogens (primary N) is 1. The molecule has 0 saturated heterocycles. The standard InChI is InChI=1S/C7H11NO/c1-2-6-3-4-7(5-8)9-6/h3-4H,2,5,8H2,1H3. The van der Waals surface area contributed by atoms with Crippen LogP contribution in [0.25, 0.3) is 0 Å². The van der Waals surface area contributed by atoms with Crippen molar-refractivity contribution in [3.8, 4) is 0 Å². The Morgan fingerprint density at radius 3 is 2.44 bits per heavy atom. The molecule has 1 rings (SSSR count). The lowest BCUT2D eigenvalue weighted by molar-refractivity contribution is 0.471. The van der Waals surface area contributed by atoms with Gasteiger partial charge >= 0.3 is 0 Å². The normalized spacial score (nSPS) is 10.0. The fraction of sp³-hybridized carbons (Fsp3) is 0.429. The number of furan rings is 1. The Labute approximate surface area is 54.7 Å². The van der Waals surface area contributed by atoms with Crippen LogP contribution in [-0.4, -0.2) is 0 Å². The Bertz CT molecular complexity index is 162. The largest absolute Gasteiger partial charge is 0.465 e. The van der Waals surface area contributed by atoms with E-state index >= 15 is 0 Å². The van der Waals surface area contributed by atoms with Gasteiger partial charge in [0.2, 0.25) is 0 Å². The zero-order valence-corrected chi connectivity index (χ0v) is 5.55. The second kappa shape index (κ2) is 2.69. The van der Waals surface area contributed by atoms with Crippen LogP contribution in [0.1, 0.15) is 18.4 Å². The van der Waals surface area contributed by atoms with Gasteiger partial charge in [0.1, 0.15) is 11.5 Å². The van der Waals surface area contributed by atoms with E-state index in [4.69, 9.17) is 10.2 Å². The smallest absolute Gasteiger partial charge is 0.117 e. The fourth-order valence-corrected chi connectivity index (χ4v) is 0.722. The molecule has 0 atom stereocenters. The molecule has 0 fully saturated rings. The van der Waals surface area contributed by atoms with E-state index in [2.05, 4.69) is 6.92 Å². The van der Waals surface area contributed by atoms with Crippen molar-refractivity contribution in [3.63, 3.8) is 0 Å². The maximum absolute atomic E-state index is 5.32. The summed E-state index contributed by atoms with van der Waals surface area (Å²) in [5.41, 5.74) is 5.32. The van der Waals surface area contributed by atoms with Gasteiger partial charge in [-0.15, -0.1) is 0 Å². The van der Waals surface area contributed by atoms with E-state index in [0.717, 1.165) is 17.9 Å². The number of aryl methyl sites for hydroxylation is 1. The summed E-state index contributed by atoms with van der Waals surface area (Å²) in [7, 11) is 0. The maximum atomic E-state index is 5.32. The van der Waals surface area contributed by atoms with Crippen LogP contribution in [0.3, 0.4) is 0 Å². The monoisotopic (exact) mass is 125 g/mol. The van der Waals surface area contributed by atoms with E-state index in [9.17, 15) is 0 Å². The van der Waals surface area contributed by atoms with Crippen LogP contribution in [0.15, 0.2) is 16.5 Å². The Morgan fingerprint density at radius 1 is 1.44 bits per heavy atom. The third-order valence-corrected chi connectivity index (χ3v) is 1.27. The molecule has 1 aromatic rings. The van der Waals surface area contributed by atoms with Crippen LogP contribution in [0.4, 0.5) is 0 Å². The molecule has 0 radical (unpaired) electrons. The summed E-state index contributed by atoms with van der Waals surface area (Å²) in [6, 6.07) is 3.88. The molecule has 0 aliphatic heterocycles. The van der Waals surface area contributed by atoms with Crippen molar-refractivity contribution in [2.45, 2.75) is 19.9 Å². The molecule has 0 saturated carbocycles. The first-order chi connectivity index (χ1) is 4.36. The fourth-order valence-electron chi connectivity index (χ4n) is 0.722. The van der Waals surface area contributed by atoms with E-state index in [1.807, 2.05) is 12.1 Å². The van der Waals surface area contributed by atoms with Crippen molar-refractivity contribution in [3.05, 3.63) is 23.7 Å². The average molecular weight is 125 g/mol. The second-order valence-corrected chi connectivity index (χ2v) is 1.93. The Hall–Kier alpha value is -0.760. The minimum Gasteiger partial charge on any atom is -0.465 e. The van der Waals surface area contributed by atoms with Crippen molar-refractivity contribution in [2.24, 2.45) is 5.73 Å². The van der Waals surface area contributed by atoms with Crippen LogP contribution in [0, 0.1) is 0 Å². The first-order valence-electron chi connectivity index (χ1n) is 3.14. The first kappa shape index (κ1) is 6.36. The van der Waals surface area contributed by atoms with E-state index in [0.29, 0.717) is 6.54 Å². The van der Waals surface area contributed by atoms with E-state index in [1.54, 1.807) is 0 Å². The highest BCUT2D eigenvalue weighted by molar-refractivity contribution is 5.06. The molecule has 0 amide bonds. The first-order valence-corrected chi connectivity index (χ1v) is 3.14. The summed E-state index contributed by atoms with van der Waals surface area (Å²) in [4.78, 5) is 0. The summed E-state index contributed by atoms with van der Waals surface area (Å²) < 4.78 is 5.26. The molecule has 50 valence electrons. The molecule has 2 heteroatoms. The zero-order valence-electron chi connectivity index (χ0n) is 5.55. The maximum Gasteiger partial charge on any atom is 0.117 e. The van der Waals surface area contributed by atoms with E-state index in [-0.39, 0.29) is 0 Å². The highest BCUT2D eigenvalue weighted by Crippen LogP contribution is 2.06. The molecule has 0 spiro atoms. The molecule has 1 heterocycles. The van der Waals surface area contributed by atoms with Crippen LogP contribution in [0.2, 0.25) is 0 Å². The SMILES string of the molecule is CCc1ccc(CN)o1. The Kier molecular flexibility index (Phi) is 1.90. The van der Waals surface area contributed by atoms with Gasteiger partial charge in [-0.25, -0.2) is 0 Å². The lowest BCUT2D eigenvalue weighted by Gasteiger charge is -1.86. The number of hydrogen-bond donors (Lipinski definition) is 1. The summed E-state index contributed by atoms with van der Waals surface area (Å²) in [5.74, 6) is 1.88. The molecule has 9 heavy (non-hydrogen) atoms. The van der Waals surface area contributed by atoms with Gasteiger partial charge in [0.25, 0.3) is 0 Å². The van der Waals surface area contributed by atoms with Crippen molar-refractivity contribution in [1.29, 1.82) is 0 Å². The molecule has 0 unspecified atom stereocenters. The van der Waals surface area contributed by atoms with Gasteiger partial charge < -0.3 is 10.2 Å². The van der Waals surface area contributed by atoms with Gasteiger partial charge in [0, 0.05) is 6.42 Å². The summed E-state index contributed by atoms with van der Waals surface area (Å²) in [6.07, 6.45) is 0.944. The third kappa shape index (κ3) is 1.33. The quantitative estimate of drug-likeness (QED) is 0.647. The predicted molar refractivity (Wildman–Crippen MR) is 36.0 cm³/mol. The van der Waals surface area contributed by atoms with Gasteiger partial charge in [0.15, 0.2) is 0 Å². The van der Waals surface area contributed by atoms with E-state index < -0.39 is 0 Å². The zero-order chi connectivity index (χ0) is 6.69. The molecule has 0 aliphatic carbocycles. The molecular formula is C7H11NO. The minimum atomic E-state index is 0.500. The Balaban J connectivity index is 2.74. The van der Waals surface area contributed by atoms with Crippen molar-refractivity contribution in [1.82, 2.24) is 0 Å². The van der Waals surface area contributed by atoms with Crippen molar-refractivity contribution >= 4 is 0 Å². The van der Waals surface area contributed by atoms with Gasteiger partial charge in [-0.1, -0.05) is 6.92 Å². The summed E-state index contributed by atoms with van der Waals surface area (Å²) >= 11 is 0. The summed E-state index contributed by atoms with van der Waals surface area (Å²) in [5, 5.41) is 0. The number of rotatable bonds is 2. The molecule has 2 nitrogen and oxygen atoms in total. The average Bonchev–Trinajstić information content (AvgIpc) is 2.34. The second-order valence-electron chi connectivity index (χ2n) is 1.93. The van der Waals surface area contributed by atoms with Crippen LogP contribution >= 0.6 is 0 Å². The van der Waals surface area contributed by atoms with Crippen LogP contribution in [0.5, 0.6) is 0 Å². The highest BCUT2D eigenvalue weighted by Gasteiger charge is 1.95. The predicted octanol–water partition coefficient (Wildman–Crippen LogP) is 1.30. The molecule has 0 bridgehead atoms.